The van der Waals surface area contributed by atoms with Gasteiger partial charge in [0.15, 0.2) is 0 Å². The van der Waals surface area contributed by atoms with E-state index in [9.17, 15) is 22.0 Å². The lowest BCUT2D eigenvalue weighted by molar-refractivity contribution is -0.206. The van der Waals surface area contributed by atoms with Crippen LogP contribution >= 0.6 is 0 Å². The molecule has 0 heterocycles. The van der Waals surface area contributed by atoms with Crippen molar-refractivity contribution < 1.29 is 26.7 Å². The third kappa shape index (κ3) is 4.10. The van der Waals surface area contributed by atoms with Crippen molar-refractivity contribution in [2.75, 3.05) is 6.67 Å². The van der Waals surface area contributed by atoms with Crippen LogP contribution in [0.2, 0.25) is 0 Å². The number of hydrogen-bond acceptors (Lipinski definition) is 1. The molecule has 0 radical (unpaired) electrons. The van der Waals surface area contributed by atoms with Gasteiger partial charge in [0.25, 0.3) is 0 Å². The molecule has 0 aromatic heterocycles. The molecule has 0 aromatic rings. The summed E-state index contributed by atoms with van der Waals surface area (Å²) in [5, 5.41) is 0. The van der Waals surface area contributed by atoms with E-state index in [1.807, 2.05) is 0 Å². The summed E-state index contributed by atoms with van der Waals surface area (Å²) in [5.74, 6) is 0. The summed E-state index contributed by atoms with van der Waals surface area (Å²) in [4.78, 5) is 0. The van der Waals surface area contributed by atoms with Gasteiger partial charge in [-0.25, -0.2) is 4.39 Å². The highest BCUT2D eigenvalue weighted by Gasteiger charge is 2.46. The average Bonchev–Trinajstić information content (AvgIpc) is 2.01. The Morgan fingerprint density at radius 2 is 1.92 bits per heavy atom. The van der Waals surface area contributed by atoms with Crippen LogP contribution in [0.3, 0.4) is 0 Å². The van der Waals surface area contributed by atoms with Gasteiger partial charge in [0.2, 0.25) is 6.17 Å². The first-order chi connectivity index (χ1) is 5.93. The molecule has 13 heavy (non-hydrogen) atoms. The van der Waals surface area contributed by atoms with E-state index < -0.39 is 31.5 Å². The number of halogens is 5. The van der Waals surface area contributed by atoms with E-state index in [-0.39, 0.29) is 0 Å². The van der Waals surface area contributed by atoms with Crippen molar-refractivity contribution in [3.8, 4) is 0 Å². The Kier molecular flexibility index (Phi) is 4.72. The van der Waals surface area contributed by atoms with E-state index >= 15 is 0 Å². The van der Waals surface area contributed by atoms with Gasteiger partial charge in [-0.1, -0.05) is 6.58 Å². The van der Waals surface area contributed by atoms with Gasteiger partial charge >= 0.3 is 6.18 Å². The lowest BCUT2D eigenvalue weighted by Crippen LogP contribution is -2.37. The third-order valence-corrected chi connectivity index (χ3v) is 1.30. The standard InChI is InChI=1S/C7H9F5O/c1-2-13-5(3-4-8)6(9)7(10,11)12/h2,5-6H,1,3-4H2. The second-order valence-corrected chi connectivity index (χ2v) is 2.26. The fourth-order valence-electron chi connectivity index (χ4n) is 0.725. The maximum absolute atomic E-state index is 12.5. The molecule has 2 unspecified atom stereocenters. The zero-order valence-electron chi connectivity index (χ0n) is 6.65. The Hall–Kier alpha value is -0.810. The largest absolute Gasteiger partial charge is 0.495 e. The maximum Gasteiger partial charge on any atom is 0.423 e. The number of rotatable bonds is 5. The Labute approximate surface area is 72.2 Å². The molecule has 0 aromatic carbocycles. The topological polar surface area (TPSA) is 9.23 Å². The quantitative estimate of drug-likeness (QED) is 0.494. The molecule has 2 atom stereocenters. The van der Waals surface area contributed by atoms with Crippen molar-refractivity contribution >= 4 is 0 Å². The van der Waals surface area contributed by atoms with Gasteiger partial charge in [-0.3, -0.25) is 4.39 Å². The Balaban J connectivity index is 4.26. The molecule has 1 nitrogen and oxygen atoms in total. The minimum absolute atomic E-state index is 0.646. The lowest BCUT2D eigenvalue weighted by Gasteiger charge is -2.21. The molecular formula is C7H9F5O. The van der Waals surface area contributed by atoms with E-state index in [0.717, 1.165) is 0 Å². The monoisotopic (exact) mass is 204 g/mol. The molecule has 0 aliphatic carbocycles. The minimum atomic E-state index is -5.02. The smallest absolute Gasteiger partial charge is 0.423 e. The van der Waals surface area contributed by atoms with E-state index in [4.69, 9.17) is 0 Å². The highest BCUT2D eigenvalue weighted by Crippen LogP contribution is 2.28. The fraction of sp³-hybridized carbons (Fsp3) is 0.714. The zero-order chi connectivity index (χ0) is 10.5. The molecular weight excluding hydrogens is 195 g/mol. The van der Waals surface area contributed by atoms with Gasteiger partial charge in [0, 0.05) is 6.42 Å². The number of ether oxygens (including phenoxy) is 1. The van der Waals surface area contributed by atoms with Gasteiger partial charge in [0.1, 0.15) is 6.10 Å². The van der Waals surface area contributed by atoms with Crippen LogP contribution < -0.4 is 0 Å². The van der Waals surface area contributed by atoms with Crippen LogP contribution in [0, 0.1) is 0 Å². The molecule has 0 aliphatic heterocycles. The predicted molar refractivity (Wildman–Crippen MR) is 36.6 cm³/mol. The first-order valence-electron chi connectivity index (χ1n) is 3.46. The van der Waals surface area contributed by atoms with Crippen LogP contribution in [0.5, 0.6) is 0 Å². The van der Waals surface area contributed by atoms with Crippen molar-refractivity contribution in [1.29, 1.82) is 0 Å². The molecule has 0 N–H and O–H groups in total. The van der Waals surface area contributed by atoms with Gasteiger partial charge in [-0.05, 0) is 0 Å². The van der Waals surface area contributed by atoms with Gasteiger partial charge < -0.3 is 4.74 Å². The molecule has 0 amide bonds. The summed E-state index contributed by atoms with van der Waals surface area (Å²) in [7, 11) is 0. The normalized spacial score (nSPS) is 16.4. The van der Waals surface area contributed by atoms with Crippen LogP contribution in [0.4, 0.5) is 22.0 Å². The molecule has 78 valence electrons. The molecule has 0 aliphatic rings. The lowest BCUT2D eigenvalue weighted by atomic mass is 10.1. The second-order valence-electron chi connectivity index (χ2n) is 2.26. The van der Waals surface area contributed by atoms with Crippen LogP contribution in [-0.2, 0) is 4.74 Å². The van der Waals surface area contributed by atoms with Gasteiger partial charge in [0.05, 0.1) is 12.9 Å². The SMILES string of the molecule is C=COC(CCF)C(F)C(F)(F)F. The van der Waals surface area contributed by atoms with Crippen molar-refractivity contribution in [1.82, 2.24) is 0 Å². The molecule has 0 saturated carbocycles. The highest BCUT2D eigenvalue weighted by molar-refractivity contribution is 4.78. The van der Waals surface area contributed by atoms with E-state index in [0.29, 0.717) is 6.26 Å². The summed E-state index contributed by atoms with van der Waals surface area (Å²) in [6, 6.07) is 0. The van der Waals surface area contributed by atoms with Crippen LogP contribution in [0.25, 0.3) is 0 Å². The van der Waals surface area contributed by atoms with Crippen molar-refractivity contribution in [3.63, 3.8) is 0 Å². The second kappa shape index (κ2) is 5.04. The van der Waals surface area contributed by atoms with Crippen LogP contribution in [-0.4, -0.2) is 25.1 Å². The molecule has 0 fully saturated rings. The molecule has 0 spiro atoms. The Morgan fingerprint density at radius 1 is 1.38 bits per heavy atom. The summed E-state index contributed by atoms with van der Waals surface area (Å²) >= 11 is 0. The first-order valence-corrected chi connectivity index (χ1v) is 3.46. The van der Waals surface area contributed by atoms with Crippen molar-refractivity contribution in [2.45, 2.75) is 24.9 Å². The molecule has 0 bridgehead atoms. The molecule has 6 heteroatoms. The molecule has 0 rings (SSSR count). The average molecular weight is 204 g/mol. The summed E-state index contributed by atoms with van der Waals surface area (Å²) < 4.78 is 63.6. The fourth-order valence-corrected chi connectivity index (χ4v) is 0.725. The van der Waals surface area contributed by atoms with E-state index in [1.54, 1.807) is 0 Å². The predicted octanol–water partition coefficient (Wildman–Crippen LogP) is 2.78. The van der Waals surface area contributed by atoms with Crippen molar-refractivity contribution in [3.05, 3.63) is 12.8 Å². The van der Waals surface area contributed by atoms with Gasteiger partial charge in [-0.15, -0.1) is 0 Å². The Bertz CT molecular complexity index is 155. The highest BCUT2D eigenvalue weighted by atomic mass is 19.4. The maximum atomic E-state index is 12.5. The number of hydrogen-bond donors (Lipinski definition) is 0. The summed E-state index contributed by atoms with van der Waals surface area (Å²) in [5.41, 5.74) is 0. The van der Waals surface area contributed by atoms with Crippen molar-refractivity contribution in [2.24, 2.45) is 0 Å². The third-order valence-electron chi connectivity index (χ3n) is 1.30. The number of alkyl halides is 5. The summed E-state index contributed by atoms with van der Waals surface area (Å²) in [6.45, 7) is 1.89. The van der Waals surface area contributed by atoms with Crippen LogP contribution in [0.15, 0.2) is 12.8 Å². The minimum Gasteiger partial charge on any atom is -0.495 e. The van der Waals surface area contributed by atoms with Crippen LogP contribution in [0.1, 0.15) is 6.42 Å². The van der Waals surface area contributed by atoms with Gasteiger partial charge in [-0.2, -0.15) is 13.2 Å². The first kappa shape index (κ1) is 12.2. The summed E-state index contributed by atoms with van der Waals surface area (Å²) in [6.07, 6.45) is -10.0. The molecule has 0 saturated heterocycles. The Morgan fingerprint density at radius 3 is 2.23 bits per heavy atom. The van der Waals surface area contributed by atoms with E-state index in [2.05, 4.69) is 11.3 Å². The zero-order valence-corrected chi connectivity index (χ0v) is 6.65. The van der Waals surface area contributed by atoms with E-state index in [1.165, 1.54) is 0 Å².